The predicted molar refractivity (Wildman–Crippen MR) is 122 cm³/mol. The first-order chi connectivity index (χ1) is 14.8. The number of ketones is 1. The number of allylic oxidation sites excluding steroid dienone is 5. The predicted octanol–water partition coefficient (Wildman–Crippen LogP) is 5.08. The van der Waals surface area contributed by atoms with Gasteiger partial charge in [-0.2, -0.15) is 0 Å². The zero-order valence-corrected chi connectivity index (χ0v) is 18.8. The van der Waals surface area contributed by atoms with Crippen molar-refractivity contribution in [2.45, 2.75) is 51.7 Å². The highest BCUT2D eigenvalue weighted by molar-refractivity contribution is 6.30. The lowest BCUT2D eigenvalue weighted by Gasteiger charge is -2.14. The quantitative estimate of drug-likeness (QED) is 0.275. The lowest BCUT2D eigenvalue weighted by Crippen LogP contribution is -2.17. The van der Waals surface area contributed by atoms with E-state index in [0.29, 0.717) is 17.2 Å². The van der Waals surface area contributed by atoms with Crippen molar-refractivity contribution in [3.8, 4) is 5.75 Å². The van der Waals surface area contributed by atoms with E-state index in [1.165, 1.54) is 0 Å². The Kier molecular flexibility index (Phi) is 10.5. The summed E-state index contributed by atoms with van der Waals surface area (Å²) < 4.78 is 10.6. The molecular weight excluding hydrogens is 416 g/mol. The van der Waals surface area contributed by atoms with Gasteiger partial charge in [0.05, 0.1) is 6.10 Å². The Morgan fingerprint density at radius 2 is 2.10 bits per heavy atom. The monoisotopic (exact) mass is 446 g/mol. The van der Waals surface area contributed by atoms with E-state index in [-0.39, 0.29) is 36.3 Å². The summed E-state index contributed by atoms with van der Waals surface area (Å²) in [7, 11) is 0. The summed E-state index contributed by atoms with van der Waals surface area (Å²) in [4.78, 5) is 23.7. The van der Waals surface area contributed by atoms with Gasteiger partial charge in [-0.3, -0.25) is 9.59 Å². The van der Waals surface area contributed by atoms with Crippen LogP contribution in [0.25, 0.3) is 0 Å². The van der Waals surface area contributed by atoms with Crippen LogP contribution in [0.15, 0.2) is 60.7 Å². The molecule has 1 aliphatic carbocycles. The molecular formula is C25H31ClO5. The molecule has 0 saturated carbocycles. The number of hydrogen-bond donors (Lipinski definition) is 1. The average molecular weight is 447 g/mol. The molecule has 1 N–H and O–H groups in total. The maximum atomic E-state index is 12.2. The third-order valence-electron chi connectivity index (χ3n) is 4.75. The number of halogens is 1. The molecule has 1 aromatic carbocycles. The Balaban J connectivity index is 1.73. The van der Waals surface area contributed by atoms with Gasteiger partial charge in [0.25, 0.3) is 0 Å². The molecule has 168 valence electrons. The fraction of sp³-hybridized carbons (Fsp3) is 0.440. The van der Waals surface area contributed by atoms with Crippen LogP contribution in [0.5, 0.6) is 5.75 Å². The Hall–Kier alpha value is -2.37. The van der Waals surface area contributed by atoms with Gasteiger partial charge in [-0.05, 0) is 63.3 Å². The lowest BCUT2D eigenvalue weighted by atomic mass is 9.91. The molecule has 0 spiro atoms. The molecule has 0 radical (unpaired) electrons. The number of aliphatic hydroxyl groups is 1. The molecule has 0 amide bonds. The summed E-state index contributed by atoms with van der Waals surface area (Å²) in [5.41, 5.74) is 0. The average Bonchev–Trinajstić information content (AvgIpc) is 3.06. The Labute approximate surface area is 189 Å². The molecule has 0 heterocycles. The van der Waals surface area contributed by atoms with Gasteiger partial charge in [-0.1, -0.05) is 48.0 Å². The van der Waals surface area contributed by atoms with Crippen molar-refractivity contribution in [3.05, 3.63) is 65.7 Å². The fourth-order valence-corrected chi connectivity index (χ4v) is 3.40. The highest BCUT2D eigenvalue weighted by Gasteiger charge is 2.26. The van der Waals surface area contributed by atoms with Crippen LogP contribution in [0, 0.1) is 11.8 Å². The summed E-state index contributed by atoms with van der Waals surface area (Å²) in [5, 5.41) is 10.7. The molecule has 0 saturated heterocycles. The number of carbonyl (C=O) groups is 2. The molecule has 0 unspecified atom stereocenters. The van der Waals surface area contributed by atoms with Crippen LogP contribution in [-0.2, 0) is 14.3 Å². The van der Waals surface area contributed by atoms with Gasteiger partial charge >= 0.3 is 5.97 Å². The third-order valence-corrected chi connectivity index (χ3v) is 4.98. The number of aliphatic hydroxyl groups excluding tert-OH is 1. The van der Waals surface area contributed by atoms with Gasteiger partial charge in [0.2, 0.25) is 0 Å². The molecule has 0 aromatic heterocycles. The first-order valence-electron chi connectivity index (χ1n) is 10.7. The Morgan fingerprint density at radius 1 is 1.29 bits per heavy atom. The number of hydrogen-bond acceptors (Lipinski definition) is 5. The molecule has 1 aliphatic rings. The topological polar surface area (TPSA) is 72.8 Å². The second-order valence-electron chi connectivity index (χ2n) is 7.81. The molecule has 0 fully saturated rings. The van der Waals surface area contributed by atoms with E-state index in [0.717, 1.165) is 19.3 Å². The van der Waals surface area contributed by atoms with E-state index in [4.69, 9.17) is 21.1 Å². The first kappa shape index (κ1) is 24.9. The van der Waals surface area contributed by atoms with Crippen molar-refractivity contribution in [2.75, 3.05) is 6.61 Å². The van der Waals surface area contributed by atoms with Crippen LogP contribution in [0.1, 0.15) is 39.5 Å². The van der Waals surface area contributed by atoms with Crippen LogP contribution in [0.3, 0.4) is 0 Å². The van der Waals surface area contributed by atoms with Gasteiger partial charge in [-0.25, -0.2) is 0 Å². The van der Waals surface area contributed by atoms with Gasteiger partial charge < -0.3 is 14.6 Å². The minimum atomic E-state index is -0.825. The van der Waals surface area contributed by atoms with Crippen LogP contribution < -0.4 is 4.74 Å². The van der Waals surface area contributed by atoms with Gasteiger partial charge in [0.1, 0.15) is 18.5 Å². The minimum Gasteiger partial charge on any atom is -0.491 e. The highest BCUT2D eigenvalue weighted by Crippen LogP contribution is 2.27. The van der Waals surface area contributed by atoms with E-state index < -0.39 is 6.10 Å². The maximum absolute atomic E-state index is 12.2. The van der Waals surface area contributed by atoms with E-state index in [2.05, 4.69) is 0 Å². The first-order valence-corrected chi connectivity index (χ1v) is 11.0. The van der Waals surface area contributed by atoms with Crippen LogP contribution in [0.2, 0.25) is 5.02 Å². The molecule has 3 atom stereocenters. The summed E-state index contributed by atoms with van der Waals surface area (Å²) in [6, 6.07) is 6.97. The van der Waals surface area contributed by atoms with Crippen molar-refractivity contribution in [1.29, 1.82) is 0 Å². The molecule has 0 aliphatic heterocycles. The van der Waals surface area contributed by atoms with Gasteiger partial charge in [0, 0.05) is 17.4 Å². The summed E-state index contributed by atoms with van der Waals surface area (Å²) in [6.07, 6.45) is 12.7. The molecule has 2 rings (SSSR count). The highest BCUT2D eigenvalue weighted by atomic mass is 35.5. The Morgan fingerprint density at radius 3 is 2.84 bits per heavy atom. The van der Waals surface area contributed by atoms with Crippen molar-refractivity contribution in [2.24, 2.45) is 11.8 Å². The standard InChI is InChI=1S/C25H31ClO5/c1-18(2)31-25(29)11-6-4-3-5-8-19-12-15-24(28)23(19)14-13-21(27)17-30-22-10-7-9-20(26)16-22/h3,5,7,9-10,12-16,18-19,21,23,27H,4,6,8,11,17H2,1-2H3/t19-,21+,23-/m0/s1. The van der Waals surface area contributed by atoms with E-state index in [1.54, 1.807) is 42.5 Å². The van der Waals surface area contributed by atoms with E-state index >= 15 is 0 Å². The maximum Gasteiger partial charge on any atom is 0.306 e. The number of esters is 1. The SMILES string of the molecule is CC(C)OC(=O)CCCC=CC[C@H]1C=CC(=O)[C@H]1C=C[C@@H](O)COc1cccc(Cl)c1. The second-order valence-corrected chi connectivity index (χ2v) is 8.25. The normalized spacial score (nSPS) is 19.6. The van der Waals surface area contributed by atoms with Crippen molar-refractivity contribution in [3.63, 3.8) is 0 Å². The fourth-order valence-electron chi connectivity index (χ4n) is 3.22. The smallest absolute Gasteiger partial charge is 0.306 e. The summed E-state index contributed by atoms with van der Waals surface area (Å²) in [5.74, 6) is 0.224. The Bertz CT molecular complexity index is 812. The summed E-state index contributed by atoms with van der Waals surface area (Å²) in [6.45, 7) is 3.75. The lowest BCUT2D eigenvalue weighted by molar-refractivity contribution is -0.147. The van der Waals surface area contributed by atoms with Gasteiger partial charge in [0.15, 0.2) is 5.78 Å². The molecule has 31 heavy (non-hydrogen) atoms. The number of unbranched alkanes of at least 4 members (excludes halogenated alkanes) is 1. The van der Waals surface area contributed by atoms with Crippen LogP contribution in [-0.4, -0.2) is 35.7 Å². The van der Waals surface area contributed by atoms with E-state index in [1.807, 2.05) is 32.1 Å². The number of benzene rings is 1. The molecule has 5 nitrogen and oxygen atoms in total. The molecule has 0 bridgehead atoms. The minimum absolute atomic E-state index is 0.0361. The number of rotatable bonds is 12. The third kappa shape index (κ3) is 9.53. The number of carbonyl (C=O) groups excluding carboxylic acids is 2. The molecule has 6 heteroatoms. The van der Waals surface area contributed by atoms with Crippen LogP contribution in [0.4, 0.5) is 0 Å². The van der Waals surface area contributed by atoms with Crippen molar-refractivity contribution < 1.29 is 24.2 Å². The van der Waals surface area contributed by atoms with Crippen molar-refractivity contribution >= 4 is 23.4 Å². The molecule has 1 aromatic rings. The largest absolute Gasteiger partial charge is 0.491 e. The van der Waals surface area contributed by atoms with Crippen LogP contribution >= 0.6 is 11.6 Å². The zero-order valence-electron chi connectivity index (χ0n) is 18.1. The summed E-state index contributed by atoms with van der Waals surface area (Å²) >= 11 is 5.91. The number of ether oxygens (including phenoxy) is 2. The second kappa shape index (κ2) is 13.1. The van der Waals surface area contributed by atoms with E-state index in [9.17, 15) is 14.7 Å². The van der Waals surface area contributed by atoms with Gasteiger partial charge in [-0.15, -0.1) is 0 Å². The zero-order chi connectivity index (χ0) is 22.6. The van der Waals surface area contributed by atoms with Crippen molar-refractivity contribution in [1.82, 2.24) is 0 Å².